The SMILES string of the molecule is COc1cc(OC)c([C@@H](N)CCCCN)c(OC)c1.Cl. The third-order valence-electron chi connectivity index (χ3n) is 3.09. The monoisotopic (exact) mass is 304 g/mol. The minimum absolute atomic E-state index is 0. The largest absolute Gasteiger partial charge is 0.496 e. The highest BCUT2D eigenvalue weighted by molar-refractivity contribution is 5.85. The lowest BCUT2D eigenvalue weighted by Crippen LogP contribution is -2.14. The first kappa shape index (κ1) is 18.8. The van der Waals surface area contributed by atoms with E-state index in [1.165, 1.54) is 0 Å². The Balaban J connectivity index is 0.00000361. The van der Waals surface area contributed by atoms with Crippen LogP contribution in [0.4, 0.5) is 0 Å². The fourth-order valence-electron chi connectivity index (χ4n) is 2.05. The Labute approximate surface area is 127 Å². The number of benzene rings is 1. The molecule has 0 heterocycles. The van der Waals surface area contributed by atoms with Gasteiger partial charge in [0.2, 0.25) is 0 Å². The number of hydrogen-bond acceptors (Lipinski definition) is 5. The van der Waals surface area contributed by atoms with Crippen molar-refractivity contribution in [2.45, 2.75) is 25.3 Å². The van der Waals surface area contributed by atoms with Crippen LogP contribution >= 0.6 is 12.4 Å². The maximum atomic E-state index is 6.24. The highest BCUT2D eigenvalue weighted by Gasteiger charge is 2.19. The van der Waals surface area contributed by atoms with Crippen molar-refractivity contribution < 1.29 is 14.2 Å². The van der Waals surface area contributed by atoms with Gasteiger partial charge in [-0.15, -0.1) is 12.4 Å². The van der Waals surface area contributed by atoms with Crippen molar-refractivity contribution in [3.8, 4) is 17.2 Å². The lowest BCUT2D eigenvalue weighted by atomic mass is 9.99. The third-order valence-corrected chi connectivity index (χ3v) is 3.09. The maximum absolute atomic E-state index is 6.24. The molecule has 1 aromatic carbocycles. The fraction of sp³-hybridized carbons (Fsp3) is 0.571. The molecule has 0 unspecified atom stereocenters. The second-order valence-corrected chi connectivity index (χ2v) is 4.34. The summed E-state index contributed by atoms with van der Waals surface area (Å²) in [5.74, 6) is 2.07. The molecule has 0 amide bonds. The summed E-state index contributed by atoms with van der Waals surface area (Å²) >= 11 is 0. The number of rotatable bonds is 8. The van der Waals surface area contributed by atoms with Gasteiger partial charge in [-0.25, -0.2) is 0 Å². The van der Waals surface area contributed by atoms with Gasteiger partial charge in [-0.1, -0.05) is 6.42 Å². The predicted octanol–water partition coefficient (Wildman–Crippen LogP) is 2.26. The van der Waals surface area contributed by atoms with E-state index in [0.717, 1.165) is 24.8 Å². The van der Waals surface area contributed by atoms with Crippen molar-refractivity contribution in [3.63, 3.8) is 0 Å². The third kappa shape index (κ3) is 4.74. The summed E-state index contributed by atoms with van der Waals surface area (Å²) in [5.41, 5.74) is 12.6. The average molecular weight is 305 g/mol. The highest BCUT2D eigenvalue weighted by atomic mass is 35.5. The van der Waals surface area contributed by atoms with Crippen LogP contribution in [-0.4, -0.2) is 27.9 Å². The van der Waals surface area contributed by atoms with Gasteiger partial charge in [0.25, 0.3) is 0 Å². The Bertz CT molecular complexity index is 377. The fourth-order valence-corrected chi connectivity index (χ4v) is 2.05. The van der Waals surface area contributed by atoms with Gasteiger partial charge < -0.3 is 25.7 Å². The van der Waals surface area contributed by atoms with E-state index in [2.05, 4.69) is 0 Å². The zero-order valence-electron chi connectivity index (χ0n) is 12.3. The summed E-state index contributed by atoms with van der Waals surface area (Å²) in [6, 6.07) is 3.50. The Kier molecular flexibility index (Phi) is 9.12. The molecule has 4 N–H and O–H groups in total. The van der Waals surface area contributed by atoms with Crippen LogP contribution in [-0.2, 0) is 0 Å². The minimum atomic E-state index is -0.137. The van der Waals surface area contributed by atoms with Crippen molar-refractivity contribution >= 4 is 12.4 Å². The van der Waals surface area contributed by atoms with Gasteiger partial charge >= 0.3 is 0 Å². The Morgan fingerprint density at radius 2 is 1.55 bits per heavy atom. The van der Waals surface area contributed by atoms with E-state index < -0.39 is 0 Å². The Hall–Kier alpha value is -1.17. The normalized spacial score (nSPS) is 11.4. The molecule has 5 nitrogen and oxygen atoms in total. The van der Waals surface area contributed by atoms with Gasteiger partial charge in [0.1, 0.15) is 17.2 Å². The summed E-state index contributed by atoms with van der Waals surface area (Å²) in [6.07, 6.45) is 2.79. The maximum Gasteiger partial charge on any atom is 0.131 e. The molecule has 20 heavy (non-hydrogen) atoms. The van der Waals surface area contributed by atoms with Gasteiger partial charge in [-0.05, 0) is 19.4 Å². The Morgan fingerprint density at radius 1 is 1.00 bits per heavy atom. The van der Waals surface area contributed by atoms with Crippen molar-refractivity contribution in [1.82, 2.24) is 0 Å². The summed E-state index contributed by atoms with van der Waals surface area (Å²) in [7, 11) is 4.84. The molecule has 0 radical (unpaired) electrons. The second-order valence-electron chi connectivity index (χ2n) is 4.34. The number of hydrogen-bond donors (Lipinski definition) is 2. The Morgan fingerprint density at radius 3 is 1.95 bits per heavy atom. The van der Waals surface area contributed by atoms with Gasteiger partial charge in [0, 0.05) is 18.2 Å². The van der Waals surface area contributed by atoms with E-state index in [4.69, 9.17) is 25.7 Å². The van der Waals surface area contributed by atoms with E-state index in [1.54, 1.807) is 21.3 Å². The number of halogens is 1. The van der Waals surface area contributed by atoms with E-state index in [1.807, 2.05) is 12.1 Å². The molecule has 0 aliphatic carbocycles. The standard InChI is InChI=1S/C14H24N2O3.ClH/c1-17-10-8-12(18-2)14(13(9-10)19-3)11(16)6-4-5-7-15;/h8-9,11H,4-7,15-16H2,1-3H3;1H/t11-;/m0./s1. The number of nitrogens with two attached hydrogens (primary N) is 2. The summed E-state index contributed by atoms with van der Waals surface area (Å²) < 4.78 is 16.0. The molecule has 6 heteroatoms. The van der Waals surface area contributed by atoms with Crippen LogP contribution in [0.15, 0.2) is 12.1 Å². The van der Waals surface area contributed by atoms with Crippen LogP contribution < -0.4 is 25.7 Å². The van der Waals surface area contributed by atoms with Gasteiger partial charge in [-0.3, -0.25) is 0 Å². The van der Waals surface area contributed by atoms with E-state index >= 15 is 0 Å². The van der Waals surface area contributed by atoms with Crippen LogP contribution in [0.1, 0.15) is 30.9 Å². The molecular weight excluding hydrogens is 280 g/mol. The topological polar surface area (TPSA) is 79.7 Å². The molecule has 0 saturated carbocycles. The van der Waals surface area contributed by atoms with Crippen LogP contribution in [0, 0.1) is 0 Å². The summed E-state index contributed by atoms with van der Waals surface area (Å²) in [6.45, 7) is 0.684. The minimum Gasteiger partial charge on any atom is -0.496 e. The summed E-state index contributed by atoms with van der Waals surface area (Å²) in [5, 5.41) is 0. The number of ether oxygens (including phenoxy) is 3. The molecule has 1 rings (SSSR count). The van der Waals surface area contributed by atoms with Crippen molar-refractivity contribution in [2.24, 2.45) is 11.5 Å². The van der Waals surface area contributed by atoms with Crippen molar-refractivity contribution in [2.75, 3.05) is 27.9 Å². The van der Waals surface area contributed by atoms with Gasteiger partial charge in [0.15, 0.2) is 0 Å². The van der Waals surface area contributed by atoms with Crippen molar-refractivity contribution in [3.05, 3.63) is 17.7 Å². The van der Waals surface area contributed by atoms with Gasteiger partial charge in [0.05, 0.1) is 26.9 Å². The first-order valence-electron chi connectivity index (χ1n) is 6.43. The van der Waals surface area contributed by atoms with Crippen LogP contribution in [0.2, 0.25) is 0 Å². The van der Waals surface area contributed by atoms with Crippen LogP contribution in [0.25, 0.3) is 0 Å². The molecule has 0 fully saturated rings. The van der Waals surface area contributed by atoms with Crippen molar-refractivity contribution in [1.29, 1.82) is 0 Å². The molecule has 0 aliphatic rings. The summed E-state index contributed by atoms with van der Waals surface area (Å²) in [4.78, 5) is 0. The smallest absolute Gasteiger partial charge is 0.131 e. The molecule has 0 spiro atoms. The molecule has 0 aliphatic heterocycles. The van der Waals surface area contributed by atoms with Gasteiger partial charge in [-0.2, -0.15) is 0 Å². The molecular formula is C14H25ClN2O3. The van der Waals surface area contributed by atoms with Crippen LogP contribution in [0.5, 0.6) is 17.2 Å². The first-order chi connectivity index (χ1) is 9.17. The first-order valence-corrected chi connectivity index (χ1v) is 6.43. The molecule has 116 valence electrons. The molecule has 1 atom stereocenters. The lowest BCUT2D eigenvalue weighted by Gasteiger charge is -2.20. The van der Waals surface area contributed by atoms with E-state index in [0.29, 0.717) is 23.8 Å². The zero-order chi connectivity index (χ0) is 14.3. The number of unbranched alkanes of at least 4 members (excludes halogenated alkanes) is 1. The molecule has 1 aromatic rings. The molecule has 0 bridgehead atoms. The lowest BCUT2D eigenvalue weighted by molar-refractivity contribution is 0.362. The number of methoxy groups -OCH3 is 3. The van der Waals surface area contributed by atoms with E-state index in [9.17, 15) is 0 Å². The van der Waals surface area contributed by atoms with E-state index in [-0.39, 0.29) is 18.4 Å². The second kappa shape index (κ2) is 9.69. The molecule has 0 aromatic heterocycles. The average Bonchev–Trinajstić information content (AvgIpc) is 2.45. The quantitative estimate of drug-likeness (QED) is 0.720. The van der Waals surface area contributed by atoms with Crippen LogP contribution in [0.3, 0.4) is 0 Å². The highest BCUT2D eigenvalue weighted by Crippen LogP contribution is 2.38. The molecule has 0 saturated heterocycles. The zero-order valence-corrected chi connectivity index (χ0v) is 13.2. The predicted molar refractivity (Wildman–Crippen MR) is 83.2 cm³/mol.